The van der Waals surface area contributed by atoms with Crippen molar-refractivity contribution in [3.05, 3.63) is 48.6 Å². The minimum absolute atomic E-state index is 0.00206. The first-order valence-corrected chi connectivity index (χ1v) is 9.15. The summed E-state index contributed by atoms with van der Waals surface area (Å²) in [5.41, 5.74) is 1.12. The van der Waals surface area contributed by atoms with Gasteiger partial charge in [-0.25, -0.2) is 4.79 Å². The van der Waals surface area contributed by atoms with Crippen molar-refractivity contribution in [1.82, 2.24) is 15.5 Å². The Hall–Kier alpha value is -2.30. The first-order chi connectivity index (χ1) is 12.2. The van der Waals surface area contributed by atoms with Crippen molar-refractivity contribution in [2.45, 2.75) is 38.6 Å². The molecule has 0 bridgehead atoms. The van der Waals surface area contributed by atoms with Crippen molar-refractivity contribution in [3.63, 3.8) is 0 Å². The summed E-state index contributed by atoms with van der Waals surface area (Å²) >= 11 is 0. The number of urea groups is 1. The molecule has 5 nitrogen and oxygen atoms in total. The first-order valence-electron chi connectivity index (χ1n) is 9.15. The number of piperidine rings is 1. The van der Waals surface area contributed by atoms with Gasteiger partial charge in [-0.1, -0.05) is 49.8 Å². The van der Waals surface area contributed by atoms with Gasteiger partial charge in [0.25, 0.3) is 0 Å². The molecule has 0 aliphatic carbocycles. The quantitative estimate of drug-likeness (QED) is 0.590. The third kappa shape index (κ3) is 5.34. The SMILES string of the molecule is C=CCNC(=O)[C@@H]1CC[C@H](c2ccccc2)N(C(=O)NCCCC)C1. The van der Waals surface area contributed by atoms with Crippen LogP contribution in [0.4, 0.5) is 4.79 Å². The number of unbranched alkanes of at least 4 members (excludes halogenated alkanes) is 1. The van der Waals surface area contributed by atoms with Crippen molar-refractivity contribution >= 4 is 11.9 Å². The van der Waals surface area contributed by atoms with E-state index < -0.39 is 0 Å². The molecule has 0 aromatic heterocycles. The molecule has 1 aromatic rings. The van der Waals surface area contributed by atoms with E-state index in [2.05, 4.69) is 36.3 Å². The number of nitrogens with zero attached hydrogens (tertiary/aromatic N) is 1. The van der Waals surface area contributed by atoms with Crippen LogP contribution in [0.5, 0.6) is 0 Å². The van der Waals surface area contributed by atoms with E-state index in [-0.39, 0.29) is 23.9 Å². The van der Waals surface area contributed by atoms with E-state index >= 15 is 0 Å². The zero-order chi connectivity index (χ0) is 18.1. The molecule has 2 rings (SSSR count). The minimum atomic E-state index is -0.170. The highest BCUT2D eigenvalue weighted by molar-refractivity contribution is 5.81. The van der Waals surface area contributed by atoms with Gasteiger partial charge >= 0.3 is 6.03 Å². The fraction of sp³-hybridized carbons (Fsp3) is 0.500. The van der Waals surface area contributed by atoms with E-state index in [4.69, 9.17) is 0 Å². The summed E-state index contributed by atoms with van der Waals surface area (Å²) in [7, 11) is 0. The van der Waals surface area contributed by atoms with Crippen LogP contribution in [0.25, 0.3) is 0 Å². The zero-order valence-electron chi connectivity index (χ0n) is 15.0. The van der Waals surface area contributed by atoms with E-state index in [9.17, 15) is 9.59 Å². The van der Waals surface area contributed by atoms with E-state index in [0.29, 0.717) is 19.6 Å². The Kier molecular flexibility index (Phi) is 7.51. The molecule has 1 aromatic carbocycles. The summed E-state index contributed by atoms with van der Waals surface area (Å²) in [4.78, 5) is 26.8. The van der Waals surface area contributed by atoms with Gasteiger partial charge in [0, 0.05) is 19.6 Å². The highest BCUT2D eigenvalue weighted by Crippen LogP contribution is 2.33. The lowest BCUT2D eigenvalue weighted by Crippen LogP contribution is -2.50. The van der Waals surface area contributed by atoms with Gasteiger partial charge in [0.2, 0.25) is 5.91 Å². The number of hydrogen-bond acceptors (Lipinski definition) is 2. The molecule has 0 spiro atoms. The monoisotopic (exact) mass is 343 g/mol. The Morgan fingerprint density at radius 1 is 1.24 bits per heavy atom. The van der Waals surface area contributed by atoms with Crippen molar-refractivity contribution < 1.29 is 9.59 Å². The lowest BCUT2D eigenvalue weighted by molar-refractivity contribution is -0.126. The third-order valence-corrected chi connectivity index (χ3v) is 4.63. The van der Waals surface area contributed by atoms with E-state index in [1.165, 1.54) is 0 Å². The van der Waals surface area contributed by atoms with Crippen LogP contribution in [0.1, 0.15) is 44.2 Å². The van der Waals surface area contributed by atoms with Gasteiger partial charge in [-0.15, -0.1) is 6.58 Å². The van der Waals surface area contributed by atoms with Gasteiger partial charge in [0.1, 0.15) is 0 Å². The molecule has 0 saturated carbocycles. The topological polar surface area (TPSA) is 61.4 Å². The van der Waals surface area contributed by atoms with Gasteiger partial charge in [-0.3, -0.25) is 4.79 Å². The predicted molar refractivity (Wildman–Crippen MR) is 100 cm³/mol. The van der Waals surface area contributed by atoms with Crippen LogP contribution in [0.2, 0.25) is 0 Å². The van der Waals surface area contributed by atoms with Crippen molar-refractivity contribution in [1.29, 1.82) is 0 Å². The largest absolute Gasteiger partial charge is 0.352 e. The average molecular weight is 343 g/mol. The number of benzene rings is 1. The van der Waals surface area contributed by atoms with Crippen molar-refractivity contribution in [3.8, 4) is 0 Å². The molecular weight excluding hydrogens is 314 g/mol. The first kappa shape index (κ1) is 19.0. The van der Waals surface area contributed by atoms with Gasteiger partial charge in [-0.05, 0) is 24.8 Å². The summed E-state index contributed by atoms with van der Waals surface area (Å²) < 4.78 is 0. The second kappa shape index (κ2) is 9.87. The number of likely N-dealkylation sites (tertiary alicyclic amines) is 1. The Balaban J connectivity index is 2.10. The maximum atomic E-state index is 12.7. The van der Waals surface area contributed by atoms with E-state index in [1.807, 2.05) is 23.1 Å². The second-order valence-electron chi connectivity index (χ2n) is 6.47. The van der Waals surface area contributed by atoms with Crippen LogP contribution in [0, 0.1) is 5.92 Å². The number of hydrogen-bond donors (Lipinski definition) is 2. The molecular formula is C20H29N3O2. The smallest absolute Gasteiger partial charge is 0.317 e. The molecule has 0 unspecified atom stereocenters. The Labute approximate surface area is 150 Å². The standard InChI is InChI=1S/C20H29N3O2/c1-3-5-14-22-20(25)23-15-17(19(24)21-13-4-2)11-12-18(23)16-9-7-6-8-10-16/h4,6-10,17-18H,2-3,5,11-15H2,1H3,(H,21,24)(H,22,25)/t17-,18-/m1/s1. The lowest BCUT2D eigenvalue weighted by atomic mass is 9.88. The molecule has 25 heavy (non-hydrogen) atoms. The minimum Gasteiger partial charge on any atom is -0.352 e. The second-order valence-corrected chi connectivity index (χ2v) is 6.47. The molecule has 1 aliphatic heterocycles. The predicted octanol–water partition coefficient (Wildman–Crippen LogP) is 3.25. The molecule has 1 heterocycles. The van der Waals surface area contributed by atoms with Gasteiger partial charge in [0.15, 0.2) is 0 Å². The summed E-state index contributed by atoms with van der Waals surface area (Å²) in [6.45, 7) is 7.29. The average Bonchev–Trinajstić information content (AvgIpc) is 2.66. The normalized spacial score (nSPS) is 20.0. The van der Waals surface area contributed by atoms with Crippen LogP contribution in [0.15, 0.2) is 43.0 Å². The Morgan fingerprint density at radius 3 is 2.68 bits per heavy atom. The number of amides is 3. The Morgan fingerprint density at radius 2 is 2.00 bits per heavy atom. The number of nitrogens with one attached hydrogen (secondary N) is 2. The molecule has 0 radical (unpaired) electrons. The highest BCUT2D eigenvalue weighted by Gasteiger charge is 2.35. The van der Waals surface area contributed by atoms with Crippen LogP contribution in [-0.2, 0) is 4.79 Å². The lowest BCUT2D eigenvalue weighted by Gasteiger charge is -2.39. The van der Waals surface area contributed by atoms with Crippen LogP contribution < -0.4 is 10.6 Å². The zero-order valence-corrected chi connectivity index (χ0v) is 15.0. The Bertz CT molecular complexity index is 574. The molecule has 136 valence electrons. The number of carbonyl (C=O) groups excluding carboxylic acids is 2. The maximum Gasteiger partial charge on any atom is 0.317 e. The fourth-order valence-electron chi connectivity index (χ4n) is 3.22. The van der Waals surface area contributed by atoms with Crippen molar-refractivity contribution in [2.75, 3.05) is 19.6 Å². The van der Waals surface area contributed by atoms with E-state index in [1.54, 1.807) is 6.08 Å². The summed E-state index contributed by atoms with van der Waals surface area (Å²) in [5.74, 6) is -0.172. The van der Waals surface area contributed by atoms with E-state index in [0.717, 1.165) is 31.2 Å². The summed E-state index contributed by atoms with van der Waals surface area (Å²) in [6, 6.07) is 10.00. The summed E-state index contributed by atoms with van der Waals surface area (Å²) in [6.07, 6.45) is 5.23. The number of carbonyl (C=O) groups is 2. The molecule has 1 saturated heterocycles. The molecule has 2 N–H and O–H groups in total. The van der Waals surface area contributed by atoms with Crippen LogP contribution in [0.3, 0.4) is 0 Å². The highest BCUT2D eigenvalue weighted by atomic mass is 16.2. The maximum absolute atomic E-state index is 12.7. The molecule has 2 atom stereocenters. The van der Waals surface area contributed by atoms with Gasteiger partial charge < -0.3 is 15.5 Å². The molecule has 3 amide bonds. The van der Waals surface area contributed by atoms with Crippen LogP contribution >= 0.6 is 0 Å². The van der Waals surface area contributed by atoms with Crippen molar-refractivity contribution in [2.24, 2.45) is 5.92 Å². The summed E-state index contributed by atoms with van der Waals surface area (Å²) in [5, 5.41) is 5.85. The van der Waals surface area contributed by atoms with Gasteiger partial charge in [0.05, 0.1) is 12.0 Å². The molecule has 1 aliphatic rings. The third-order valence-electron chi connectivity index (χ3n) is 4.63. The molecule has 5 heteroatoms. The number of rotatable bonds is 7. The fourth-order valence-corrected chi connectivity index (χ4v) is 3.22. The van der Waals surface area contributed by atoms with Gasteiger partial charge in [-0.2, -0.15) is 0 Å². The van der Waals surface area contributed by atoms with Crippen LogP contribution in [-0.4, -0.2) is 36.5 Å². The molecule has 1 fully saturated rings.